The first-order chi connectivity index (χ1) is 8.60. The molecule has 2 aromatic rings. The number of carbonyl (C=O) groups is 1. The fraction of sp³-hybridized carbons (Fsp3) is 0.143. The Morgan fingerprint density at radius 3 is 2.61 bits per heavy atom. The van der Waals surface area contributed by atoms with Crippen molar-refractivity contribution in [2.24, 2.45) is 0 Å². The van der Waals surface area contributed by atoms with Gasteiger partial charge in [0.15, 0.2) is 0 Å². The quantitative estimate of drug-likeness (QED) is 0.763. The zero-order valence-corrected chi connectivity index (χ0v) is 10.1. The van der Waals surface area contributed by atoms with Gasteiger partial charge in [0, 0.05) is 18.0 Å². The fourth-order valence-electron chi connectivity index (χ4n) is 1.70. The average Bonchev–Trinajstić information content (AvgIpc) is 2.37. The van der Waals surface area contributed by atoms with Crippen LogP contribution >= 0.6 is 0 Å². The van der Waals surface area contributed by atoms with Gasteiger partial charge in [0.2, 0.25) is 0 Å². The summed E-state index contributed by atoms with van der Waals surface area (Å²) in [6.07, 6.45) is 3.34. The maximum Gasteiger partial charge on any atom is 0.337 e. The van der Waals surface area contributed by atoms with Gasteiger partial charge in [0.1, 0.15) is 5.82 Å². The summed E-state index contributed by atoms with van der Waals surface area (Å²) < 4.78 is 18.1. The summed E-state index contributed by atoms with van der Waals surface area (Å²) in [5.41, 5.74) is 2.52. The first-order valence-corrected chi connectivity index (χ1v) is 5.41. The number of pyridine rings is 1. The molecule has 0 aliphatic rings. The molecule has 0 amide bonds. The monoisotopic (exact) mass is 245 g/mol. The zero-order valence-electron chi connectivity index (χ0n) is 10.1. The second-order valence-electron chi connectivity index (χ2n) is 3.97. The SMILES string of the molecule is COC(=O)c1cc(F)cc(-c2cncc(C)c2)c1. The molecule has 0 saturated heterocycles. The molecule has 92 valence electrons. The molecular formula is C14H12FNO2. The minimum Gasteiger partial charge on any atom is -0.465 e. The van der Waals surface area contributed by atoms with Crippen molar-refractivity contribution in [1.29, 1.82) is 0 Å². The molecule has 4 heteroatoms. The normalized spacial score (nSPS) is 10.2. The highest BCUT2D eigenvalue weighted by Crippen LogP contribution is 2.22. The summed E-state index contributed by atoms with van der Waals surface area (Å²) >= 11 is 0. The third-order valence-electron chi connectivity index (χ3n) is 2.53. The number of ether oxygens (including phenoxy) is 1. The number of carbonyl (C=O) groups excluding carboxylic acids is 1. The number of hydrogen-bond donors (Lipinski definition) is 0. The van der Waals surface area contributed by atoms with Gasteiger partial charge in [-0.25, -0.2) is 9.18 Å². The van der Waals surface area contributed by atoms with Crippen molar-refractivity contribution in [3.63, 3.8) is 0 Å². The van der Waals surface area contributed by atoms with Gasteiger partial charge in [-0.3, -0.25) is 4.98 Å². The summed E-state index contributed by atoms with van der Waals surface area (Å²) in [5.74, 6) is -1.04. The maximum atomic E-state index is 13.5. The standard InChI is InChI=1S/C14H12FNO2/c1-9-3-12(8-16-7-9)10-4-11(14(17)18-2)6-13(15)5-10/h3-8H,1-2H3. The van der Waals surface area contributed by atoms with E-state index in [9.17, 15) is 9.18 Å². The van der Waals surface area contributed by atoms with E-state index in [-0.39, 0.29) is 5.56 Å². The van der Waals surface area contributed by atoms with Crippen LogP contribution in [0.4, 0.5) is 4.39 Å². The molecule has 0 radical (unpaired) electrons. The molecule has 0 saturated carbocycles. The summed E-state index contributed by atoms with van der Waals surface area (Å²) in [4.78, 5) is 15.5. The number of esters is 1. The highest BCUT2D eigenvalue weighted by atomic mass is 19.1. The summed E-state index contributed by atoms with van der Waals surface area (Å²) in [6, 6.07) is 5.98. The zero-order chi connectivity index (χ0) is 13.1. The minimum atomic E-state index is -0.559. The summed E-state index contributed by atoms with van der Waals surface area (Å²) in [5, 5.41) is 0. The van der Waals surface area contributed by atoms with Crippen LogP contribution in [-0.2, 0) is 4.74 Å². The van der Waals surface area contributed by atoms with Crippen LogP contribution in [0.2, 0.25) is 0 Å². The van der Waals surface area contributed by atoms with Gasteiger partial charge in [0.25, 0.3) is 0 Å². The van der Waals surface area contributed by atoms with E-state index in [0.717, 1.165) is 17.2 Å². The van der Waals surface area contributed by atoms with Crippen LogP contribution in [-0.4, -0.2) is 18.1 Å². The number of hydrogen-bond acceptors (Lipinski definition) is 3. The van der Waals surface area contributed by atoms with Gasteiger partial charge in [-0.15, -0.1) is 0 Å². The van der Waals surface area contributed by atoms with Crippen LogP contribution in [0.1, 0.15) is 15.9 Å². The van der Waals surface area contributed by atoms with Gasteiger partial charge in [-0.05, 0) is 42.3 Å². The van der Waals surface area contributed by atoms with Gasteiger partial charge in [-0.2, -0.15) is 0 Å². The number of halogens is 1. The molecule has 0 spiro atoms. The Kier molecular flexibility index (Phi) is 3.37. The Morgan fingerprint density at radius 1 is 1.17 bits per heavy atom. The van der Waals surface area contributed by atoms with Crippen molar-refractivity contribution in [3.8, 4) is 11.1 Å². The van der Waals surface area contributed by atoms with Crippen LogP contribution in [0.25, 0.3) is 11.1 Å². The van der Waals surface area contributed by atoms with Crippen LogP contribution in [0.5, 0.6) is 0 Å². The van der Waals surface area contributed by atoms with E-state index in [0.29, 0.717) is 5.56 Å². The fourth-order valence-corrected chi connectivity index (χ4v) is 1.70. The van der Waals surface area contributed by atoms with E-state index in [1.54, 1.807) is 18.5 Å². The molecule has 1 aromatic heterocycles. The Balaban J connectivity index is 2.51. The van der Waals surface area contributed by atoms with Crippen LogP contribution in [0, 0.1) is 12.7 Å². The highest BCUT2D eigenvalue weighted by molar-refractivity contribution is 5.91. The smallest absolute Gasteiger partial charge is 0.337 e. The first kappa shape index (κ1) is 12.2. The lowest BCUT2D eigenvalue weighted by atomic mass is 10.0. The van der Waals surface area contributed by atoms with Gasteiger partial charge in [0.05, 0.1) is 12.7 Å². The van der Waals surface area contributed by atoms with E-state index in [4.69, 9.17) is 0 Å². The Hall–Kier alpha value is -2.23. The van der Waals surface area contributed by atoms with Crippen molar-refractivity contribution >= 4 is 5.97 Å². The third-order valence-corrected chi connectivity index (χ3v) is 2.53. The molecule has 0 fully saturated rings. The lowest BCUT2D eigenvalue weighted by Gasteiger charge is -2.05. The van der Waals surface area contributed by atoms with Crippen LogP contribution in [0.3, 0.4) is 0 Å². The number of methoxy groups -OCH3 is 1. The molecule has 3 nitrogen and oxygen atoms in total. The highest BCUT2D eigenvalue weighted by Gasteiger charge is 2.10. The molecule has 0 bridgehead atoms. The minimum absolute atomic E-state index is 0.189. The van der Waals surface area contributed by atoms with E-state index < -0.39 is 11.8 Å². The predicted molar refractivity (Wildman–Crippen MR) is 65.7 cm³/mol. The van der Waals surface area contributed by atoms with E-state index in [1.807, 2.05) is 13.0 Å². The molecule has 1 heterocycles. The molecule has 0 aliphatic carbocycles. The summed E-state index contributed by atoms with van der Waals surface area (Å²) in [6.45, 7) is 1.90. The van der Waals surface area contributed by atoms with Crippen molar-refractivity contribution in [3.05, 3.63) is 53.6 Å². The molecule has 18 heavy (non-hydrogen) atoms. The summed E-state index contributed by atoms with van der Waals surface area (Å²) in [7, 11) is 1.27. The van der Waals surface area contributed by atoms with Crippen molar-refractivity contribution in [2.45, 2.75) is 6.92 Å². The Morgan fingerprint density at radius 2 is 1.94 bits per heavy atom. The van der Waals surface area contributed by atoms with Crippen molar-refractivity contribution in [2.75, 3.05) is 7.11 Å². The topological polar surface area (TPSA) is 39.2 Å². The number of nitrogens with zero attached hydrogens (tertiary/aromatic N) is 1. The Labute approximate surface area is 104 Å². The van der Waals surface area contributed by atoms with E-state index >= 15 is 0 Å². The average molecular weight is 245 g/mol. The molecule has 0 unspecified atom stereocenters. The first-order valence-electron chi connectivity index (χ1n) is 5.41. The molecule has 0 atom stereocenters. The number of aromatic nitrogens is 1. The maximum absolute atomic E-state index is 13.5. The third kappa shape index (κ3) is 2.53. The molecule has 2 rings (SSSR count). The molecule has 0 aliphatic heterocycles. The van der Waals surface area contributed by atoms with Gasteiger partial charge in [-0.1, -0.05) is 0 Å². The van der Waals surface area contributed by atoms with Crippen molar-refractivity contribution in [1.82, 2.24) is 4.98 Å². The lowest BCUT2D eigenvalue weighted by Crippen LogP contribution is -2.02. The van der Waals surface area contributed by atoms with E-state index in [2.05, 4.69) is 9.72 Å². The van der Waals surface area contributed by atoms with Gasteiger partial charge < -0.3 is 4.74 Å². The largest absolute Gasteiger partial charge is 0.465 e. The second-order valence-corrected chi connectivity index (χ2v) is 3.97. The second kappa shape index (κ2) is 4.96. The number of aryl methyl sites for hydroxylation is 1. The number of rotatable bonds is 2. The van der Waals surface area contributed by atoms with Crippen LogP contribution in [0.15, 0.2) is 36.7 Å². The van der Waals surface area contributed by atoms with Gasteiger partial charge >= 0.3 is 5.97 Å². The predicted octanol–water partition coefficient (Wildman–Crippen LogP) is 2.98. The van der Waals surface area contributed by atoms with Crippen molar-refractivity contribution < 1.29 is 13.9 Å². The molecular weight excluding hydrogens is 233 g/mol. The van der Waals surface area contributed by atoms with E-state index in [1.165, 1.54) is 13.2 Å². The van der Waals surface area contributed by atoms with Crippen LogP contribution < -0.4 is 0 Å². The molecule has 1 aromatic carbocycles. The molecule has 0 N–H and O–H groups in total. The Bertz CT molecular complexity index is 596. The lowest BCUT2D eigenvalue weighted by molar-refractivity contribution is 0.0600. The number of benzene rings is 1.